The number of fused-ring (bicyclic) bond motifs is 3. The third-order valence-corrected chi connectivity index (χ3v) is 4.79. The quantitative estimate of drug-likeness (QED) is 0.556. The molecule has 1 N–H and O–H groups in total. The molecule has 0 bridgehead atoms. The summed E-state index contributed by atoms with van der Waals surface area (Å²) in [5.41, 5.74) is 4.41. The summed E-state index contributed by atoms with van der Waals surface area (Å²) in [6, 6.07) is 15.9. The van der Waals surface area contributed by atoms with E-state index >= 15 is 0 Å². The molecule has 0 aliphatic heterocycles. The molecule has 1 aliphatic carbocycles. The van der Waals surface area contributed by atoms with Crippen molar-refractivity contribution in [2.75, 3.05) is 20.2 Å². The molecule has 0 unspecified atom stereocenters. The summed E-state index contributed by atoms with van der Waals surface area (Å²) < 4.78 is 5.32. The SMILES string of the molecule is CN(OC(=O)CNC(=O)OCC1c2ccccc2-c2ccccc21)C(=O)CCC=O. The third-order valence-electron chi connectivity index (χ3n) is 4.79. The molecule has 156 valence electrons. The van der Waals surface area contributed by atoms with Crippen LogP contribution in [-0.4, -0.2) is 49.5 Å². The van der Waals surface area contributed by atoms with Gasteiger partial charge in [0.2, 0.25) is 0 Å². The lowest BCUT2D eigenvalue weighted by molar-refractivity contribution is -0.191. The Balaban J connectivity index is 1.49. The maximum Gasteiger partial charge on any atom is 0.407 e. The molecule has 2 amide bonds. The van der Waals surface area contributed by atoms with Crippen LogP contribution in [0.4, 0.5) is 4.79 Å². The fourth-order valence-corrected chi connectivity index (χ4v) is 3.37. The van der Waals surface area contributed by atoms with Crippen LogP contribution in [0.3, 0.4) is 0 Å². The monoisotopic (exact) mass is 410 g/mol. The zero-order valence-corrected chi connectivity index (χ0v) is 16.5. The van der Waals surface area contributed by atoms with Gasteiger partial charge in [-0.2, -0.15) is 5.06 Å². The number of amides is 2. The molecular formula is C22H22N2O6. The number of nitrogens with zero attached hydrogens (tertiary/aromatic N) is 1. The van der Waals surface area contributed by atoms with E-state index in [0.29, 0.717) is 6.29 Å². The molecule has 2 aromatic carbocycles. The van der Waals surface area contributed by atoms with Gasteiger partial charge in [0.15, 0.2) is 0 Å². The lowest BCUT2D eigenvalue weighted by Crippen LogP contribution is -2.36. The highest BCUT2D eigenvalue weighted by Crippen LogP contribution is 2.44. The standard InChI is InChI=1S/C22H22N2O6/c1-24(20(26)11-6-12-25)30-21(27)13-23-22(28)29-14-19-17-9-4-2-7-15(17)16-8-3-5-10-18(16)19/h2-5,7-10,12,19H,6,11,13-14H2,1H3,(H,23,28). The lowest BCUT2D eigenvalue weighted by Gasteiger charge is -2.16. The first kappa shape index (κ1) is 21.0. The van der Waals surface area contributed by atoms with E-state index in [1.807, 2.05) is 48.5 Å². The number of benzene rings is 2. The first-order valence-electron chi connectivity index (χ1n) is 9.51. The summed E-state index contributed by atoms with van der Waals surface area (Å²) >= 11 is 0. The molecule has 30 heavy (non-hydrogen) atoms. The summed E-state index contributed by atoms with van der Waals surface area (Å²) in [6.45, 7) is -0.332. The van der Waals surface area contributed by atoms with Crippen LogP contribution < -0.4 is 5.32 Å². The van der Waals surface area contributed by atoms with Gasteiger partial charge in [-0.15, -0.1) is 0 Å². The van der Waals surface area contributed by atoms with E-state index in [2.05, 4.69) is 5.32 Å². The van der Waals surface area contributed by atoms with Crippen molar-refractivity contribution in [1.82, 2.24) is 10.4 Å². The predicted molar refractivity (Wildman–Crippen MR) is 107 cm³/mol. The van der Waals surface area contributed by atoms with E-state index in [9.17, 15) is 19.2 Å². The van der Waals surface area contributed by atoms with Crippen LogP contribution in [0.15, 0.2) is 48.5 Å². The number of hydrogen-bond acceptors (Lipinski definition) is 6. The van der Waals surface area contributed by atoms with Gasteiger partial charge >= 0.3 is 12.1 Å². The Hall–Kier alpha value is -3.68. The fraction of sp³-hybridized carbons (Fsp3) is 0.273. The smallest absolute Gasteiger partial charge is 0.407 e. The van der Waals surface area contributed by atoms with Gasteiger partial charge in [-0.25, -0.2) is 9.59 Å². The normalized spacial score (nSPS) is 11.8. The summed E-state index contributed by atoms with van der Waals surface area (Å²) in [4.78, 5) is 50.5. The van der Waals surface area contributed by atoms with Gasteiger partial charge in [0, 0.05) is 25.8 Å². The Morgan fingerprint density at radius 1 is 1.03 bits per heavy atom. The zero-order valence-electron chi connectivity index (χ0n) is 16.5. The second-order valence-corrected chi connectivity index (χ2v) is 6.74. The number of carbonyl (C=O) groups is 4. The van der Waals surface area contributed by atoms with Gasteiger partial charge in [-0.05, 0) is 22.3 Å². The Kier molecular flexibility index (Phi) is 6.79. The van der Waals surface area contributed by atoms with Gasteiger partial charge in [-0.1, -0.05) is 48.5 Å². The minimum Gasteiger partial charge on any atom is -0.449 e. The first-order chi connectivity index (χ1) is 14.5. The molecular weight excluding hydrogens is 388 g/mol. The number of alkyl carbamates (subject to hydrolysis) is 1. The van der Waals surface area contributed by atoms with Crippen LogP contribution in [0, 0.1) is 0 Å². The maximum absolute atomic E-state index is 12.0. The van der Waals surface area contributed by atoms with Crippen LogP contribution >= 0.6 is 0 Å². The predicted octanol–water partition coefficient (Wildman–Crippen LogP) is 2.42. The van der Waals surface area contributed by atoms with Gasteiger partial charge in [0.1, 0.15) is 19.4 Å². The van der Waals surface area contributed by atoms with Crippen molar-refractivity contribution in [3.05, 3.63) is 59.7 Å². The molecule has 0 saturated carbocycles. The van der Waals surface area contributed by atoms with Crippen molar-refractivity contribution in [3.63, 3.8) is 0 Å². The molecule has 1 aliphatic rings. The second kappa shape index (κ2) is 9.69. The summed E-state index contributed by atoms with van der Waals surface area (Å²) in [5, 5.41) is 3.05. The number of ether oxygens (including phenoxy) is 1. The van der Waals surface area contributed by atoms with Crippen LogP contribution in [0.2, 0.25) is 0 Å². The van der Waals surface area contributed by atoms with E-state index in [-0.39, 0.29) is 25.4 Å². The molecule has 0 radical (unpaired) electrons. The number of aldehydes is 1. The number of hydroxylamine groups is 2. The molecule has 8 heteroatoms. The average Bonchev–Trinajstić information content (AvgIpc) is 3.08. The van der Waals surface area contributed by atoms with Gasteiger partial charge in [0.05, 0.1) is 0 Å². The average molecular weight is 410 g/mol. The number of nitrogens with one attached hydrogen (secondary N) is 1. The Morgan fingerprint density at radius 3 is 2.23 bits per heavy atom. The highest BCUT2D eigenvalue weighted by molar-refractivity contribution is 5.82. The van der Waals surface area contributed by atoms with Crippen LogP contribution in [-0.2, 0) is 24.0 Å². The largest absolute Gasteiger partial charge is 0.449 e. The molecule has 0 fully saturated rings. The van der Waals surface area contributed by atoms with Crippen molar-refractivity contribution in [2.24, 2.45) is 0 Å². The molecule has 0 aromatic heterocycles. The Morgan fingerprint density at radius 2 is 1.63 bits per heavy atom. The fourth-order valence-electron chi connectivity index (χ4n) is 3.37. The van der Waals surface area contributed by atoms with Crippen molar-refractivity contribution >= 4 is 24.3 Å². The van der Waals surface area contributed by atoms with E-state index in [4.69, 9.17) is 9.57 Å². The zero-order chi connectivity index (χ0) is 21.5. The number of rotatable bonds is 7. The summed E-state index contributed by atoms with van der Waals surface area (Å²) in [6.07, 6.45) is -0.179. The van der Waals surface area contributed by atoms with Crippen molar-refractivity contribution in [2.45, 2.75) is 18.8 Å². The first-order valence-corrected chi connectivity index (χ1v) is 9.51. The molecule has 8 nitrogen and oxygen atoms in total. The van der Waals surface area contributed by atoms with Crippen LogP contribution in [0.25, 0.3) is 11.1 Å². The lowest BCUT2D eigenvalue weighted by atomic mass is 9.98. The molecule has 0 saturated heterocycles. The van der Waals surface area contributed by atoms with Crippen LogP contribution in [0.5, 0.6) is 0 Å². The number of carbonyl (C=O) groups excluding carboxylic acids is 4. The molecule has 0 spiro atoms. The maximum atomic E-state index is 12.0. The summed E-state index contributed by atoms with van der Waals surface area (Å²) in [7, 11) is 1.26. The minimum atomic E-state index is -0.828. The second-order valence-electron chi connectivity index (χ2n) is 6.74. The molecule has 3 rings (SSSR count). The Labute approximate surface area is 173 Å². The summed E-state index contributed by atoms with van der Waals surface area (Å²) in [5.74, 6) is -1.43. The molecule has 0 heterocycles. The number of hydrogen-bond donors (Lipinski definition) is 1. The third kappa shape index (κ3) is 4.83. The van der Waals surface area contributed by atoms with Crippen molar-refractivity contribution < 1.29 is 28.8 Å². The van der Waals surface area contributed by atoms with Gasteiger partial charge in [0.25, 0.3) is 5.91 Å². The minimum absolute atomic E-state index is 0.0404. The van der Waals surface area contributed by atoms with Crippen LogP contribution in [0.1, 0.15) is 29.9 Å². The van der Waals surface area contributed by atoms with Gasteiger partial charge in [-0.3, -0.25) is 4.79 Å². The Bertz CT molecular complexity index is 913. The van der Waals surface area contributed by atoms with E-state index in [1.54, 1.807) is 0 Å². The van der Waals surface area contributed by atoms with E-state index < -0.39 is 24.5 Å². The van der Waals surface area contributed by atoms with Crippen molar-refractivity contribution in [1.29, 1.82) is 0 Å². The van der Waals surface area contributed by atoms with E-state index in [1.165, 1.54) is 7.05 Å². The topological polar surface area (TPSA) is 102 Å². The highest BCUT2D eigenvalue weighted by atomic mass is 16.7. The van der Waals surface area contributed by atoms with Gasteiger partial charge < -0.3 is 19.7 Å². The van der Waals surface area contributed by atoms with E-state index in [0.717, 1.165) is 27.3 Å². The highest BCUT2D eigenvalue weighted by Gasteiger charge is 2.29. The molecule has 0 atom stereocenters. The van der Waals surface area contributed by atoms with Crippen molar-refractivity contribution in [3.8, 4) is 11.1 Å². The molecule has 2 aromatic rings.